The number of imidazole rings is 1. The molecule has 0 atom stereocenters. The topological polar surface area (TPSA) is 60.7 Å². The number of hydrogen-bond donors (Lipinski definition) is 1. The van der Waals surface area contributed by atoms with Gasteiger partial charge in [-0.15, -0.1) is 5.10 Å². The summed E-state index contributed by atoms with van der Waals surface area (Å²) in [7, 11) is 0. The van der Waals surface area contributed by atoms with Crippen LogP contribution < -0.4 is 14.8 Å². The third-order valence-electron chi connectivity index (χ3n) is 3.47. The van der Waals surface area contributed by atoms with E-state index in [2.05, 4.69) is 15.4 Å². The van der Waals surface area contributed by atoms with Crippen molar-refractivity contribution in [3.05, 3.63) is 34.6 Å². The molecule has 4 rings (SSSR count). The maximum atomic E-state index is 6.31. The molecule has 0 bridgehead atoms. The second-order valence-corrected chi connectivity index (χ2v) is 6.69. The summed E-state index contributed by atoms with van der Waals surface area (Å²) < 4.78 is 13.1. The SMILES string of the molecule is Cc1cn2nc(NCc3cc(Cl)c4c(c3)OCCCO4)sc2n1. The summed E-state index contributed by atoms with van der Waals surface area (Å²) >= 11 is 7.82. The van der Waals surface area contributed by atoms with E-state index in [0.717, 1.165) is 27.8 Å². The third-order valence-corrected chi connectivity index (χ3v) is 4.63. The largest absolute Gasteiger partial charge is 0.489 e. The van der Waals surface area contributed by atoms with Crippen molar-refractivity contribution in [3.63, 3.8) is 0 Å². The van der Waals surface area contributed by atoms with Gasteiger partial charge in [0.2, 0.25) is 10.1 Å². The molecule has 0 aliphatic carbocycles. The van der Waals surface area contributed by atoms with E-state index in [4.69, 9.17) is 21.1 Å². The van der Waals surface area contributed by atoms with Crippen LogP contribution >= 0.6 is 22.9 Å². The molecule has 120 valence electrons. The van der Waals surface area contributed by atoms with Crippen LogP contribution in [0.4, 0.5) is 5.13 Å². The Morgan fingerprint density at radius 1 is 1.35 bits per heavy atom. The highest BCUT2D eigenvalue weighted by Gasteiger charge is 2.16. The normalized spacial score (nSPS) is 14.0. The van der Waals surface area contributed by atoms with Crippen molar-refractivity contribution in [1.82, 2.24) is 14.6 Å². The van der Waals surface area contributed by atoms with E-state index >= 15 is 0 Å². The standard InChI is InChI=1S/C15H15ClN4O2S/c1-9-8-20-15(18-9)23-14(19-20)17-7-10-5-11(16)13-12(6-10)21-3-2-4-22-13/h5-6,8H,2-4,7H2,1H3,(H,17,19). The van der Waals surface area contributed by atoms with Gasteiger partial charge in [0.25, 0.3) is 0 Å². The molecule has 6 nitrogen and oxygen atoms in total. The van der Waals surface area contributed by atoms with Crippen LogP contribution in [0.5, 0.6) is 11.5 Å². The molecular weight excluding hydrogens is 336 g/mol. The van der Waals surface area contributed by atoms with Gasteiger partial charge in [-0.2, -0.15) is 0 Å². The molecular formula is C15H15ClN4O2S. The number of ether oxygens (including phenoxy) is 2. The second-order valence-electron chi connectivity index (χ2n) is 5.33. The number of fused-ring (bicyclic) bond motifs is 2. The smallest absolute Gasteiger partial charge is 0.214 e. The molecule has 0 unspecified atom stereocenters. The number of rotatable bonds is 3. The maximum absolute atomic E-state index is 6.31. The van der Waals surface area contributed by atoms with Crippen molar-refractivity contribution in [3.8, 4) is 11.5 Å². The van der Waals surface area contributed by atoms with Crippen LogP contribution in [0.3, 0.4) is 0 Å². The molecule has 0 radical (unpaired) electrons. The van der Waals surface area contributed by atoms with Gasteiger partial charge in [0.05, 0.1) is 30.1 Å². The van der Waals surface area contributed by atoms with Gasteiger partial charge >= 0.3 is 0 Å². The maximum Gasteiger partial charge on any atom is 0.214 e. The van der Waals surface area contributed by atoms with Gasteiger partial charge in [-0.3, -0.25) is 0 Å². The Kier molecular flexibility index (Phi) is 3.74. The number of aryl methyl sites for hydroxylation is 1. The summed E-state index contributed by atoms with van der Waals surface area (Å²) in [6, 6.07) is 3.85. The molecule has 1 aliphatic heterocycles. The van der Waals surface area contributed by atoms with Crippen molar-refractivity contribution in [2.24, 2.45) is 0 Å². The van der Waals surface area contributed by atoms with Crippen molar-refractivity contribution >= 4 is 33.0 Å². The van der Waals surface area contributed by atoms with Gasteiger partial charge in [-0.05, 0) is 24.6 Å². The van der Waals surface area contributed by atoms with Crippen molar-refractivity contribution in [1.29, 1.82) is 0 Å². The highest BCUT2D eigenvalue weighted by molar-refractivity contribution is 7.20. The number of nitrogens with one attached hydrogen (secondary N) is 1. The number of hydrogen-bond acceptors (Lipinski definition) is 6. The minimum atomic E-state index is 0.575. The Balaban J connectivity index is 1.53. The summed E-state index contributed by atoms with van der Waals surface area (Å²) in [5, 5.41) is 9.13. The minimum absolute atomic E-state index is 0.575. The van der Waals surface area contributed by atoms with Gasteiger partial charge in [0.1, 0.15) is 0 Å². The zero-order valence-electron chi connectivity index (χ0n) is 12.5. The van der Waals surface area contributed by atoms with Gasteiger partial charge < -0.3 is 14.8 Å². The molecule has 8 heteroatoms. The van der Waals surface area contributed by atoms with Crippen molar-refractivity contribution in [2.75, 3.05) is 18.5 Å². The lowest BCUT2D eigenvalue weighted by molar-refractivity contribution is 0.297. The lowest BCUT2D eigenvalue weighted by Crippen LogP contribution is -2.01. The summed E-state index contributed by atoms with van der Waals surface area (Å²) in [4.78, 5) is 5.27. The second kappa shape index (κ2) is 5.90. The molecule has 2 aromatic heterocycles. The monoisotopic (exact) mass is 350 g/mol. The zero-order chi connectivity index (χ0) is 15.8. The molecule has 3 aromatic rings. The van der Waals surface area contributed by atoms with E-state index < -0.39 is 0 Å². The molecule has 0 spiro atoms. The predicted octanol–water partition coefficient (Wildman–Crippen LogP) is 3.53. The Morgan fingerprint density at radius 2 is 2.22 bits per heavy atom. The number of benzene rings is 1. The third kappa shape index (κ3) is 2.94. The lowest BCUT2D eigenvalue weighted by atomic mass is 10.2. The molecule has 0 fully saturated rings. The highest BCUT2D eigenvalue weighted by Crippen LogP contribution is 2.38. The number of halogens is 1. The van der Waals surface area contributed by atoms with Crippen molar-refractivity contribution < 1.29 is 9.47 Å². The quantitative estimate of drug-likeness (QED) is 0.783. The fourth-order valence-corrected chi connectivity index (χ4v) is 3.56. The van der Waals surface area contributed by atoms with Crippen molar-refractivity contribution in [2.45, 2.75) is 19.9 Å². The van der Waals surface area contributed by atoms with Crippen LogP contribution in [-0.4, -0.2) is 27.8 Å². The Hall–Kier alpha value is -1.99. The first kappa shape index (κ1) is 14.6. The minimum Gasteiger partial charge on any atom is -0.489 e. The average molecular weight is 351 g/mol. The van der Waals surface area contributed by atoms with Gasteiger partial charge in [-0.1, -0.05) is 22.9 Å². The fraction of sp³-hybridized carbons (Fsp3) is 0.333. The average Bonchev–Trinajstić information content (AvgIpc) is 2.92. The Morgan fingerprint density at radius 3 is 3.09 bits per heavy atom. The number of aromatic nitrogens is 3. The van der Waals surface area contributed by atoms with E-state index in [1.807, 2.05) is 25.3 Å². The fourth-order valence-electron chi connectivity index (χ4n) is 2.44. The van der Waals surface area contributed by atoms with E-state index in [1.54, 1.807) is 4.52 Å². The molecule has 1 aliphatic rings. The molecule has 1 N–H and O–H groups in total. The van der Waals surface area contributed by atoms with Gasteiger partial charge in [0.15, 0.2) is 11.5 Å². The highest BCUT2D eigenvalue weighted by atomic mass is 35.5. The van der Waals surface area contributed by atoms with Crippen LogP contribution in [0.1, 0.15) is 17.7 Å². The Bertz CT molecular complexity index is 829. The van der Waals surface area contributed by atoms with Crippen LogP contribution in [0, 0.1) is 6.92 Å². The molecule has 3 heterocycles. The number of nitrogens with zero attached hydrogens (tertiary/aromatic N) is 3. The molecule has 1 aromatic carbocycles. The first-order chi connectivity index (χ1) is 11.2. The van der Waals surface area contributed by atoms with Crippen LogP contribution in [0.15, 0.2) is 18.3 Å². The summed E-state index contributed by atoms with van der Waals surface area (Å²) in [6.45, 7) is 3.83. The summed E-state index contributed by atoms with van der Waals surface area (Å²) in [6.07, 6.45) is 2.76. The Labute approximate surface area is 142 Å². The number of anilines is 1. The van der Waals surface area contributed by atoms with Gasteiger partial charge in [0, 0.05) is 13.0 Å². The van der Waals surface area contributed by atoms with Crippen LogP contribution in [-0.2, 0) is 6.54 Å². The van der Waals surface area contributed by atoms with E-state index in [1.165, 1.54) is 11.3 Å². The van der Waals surface area contributed by atoms with Crippen LogP contribution in [0.2, 0.25) is 5.02 Å². The summed E-state index contributed by atoms with van der Waals surface area (Å²) in [5.74, 6) is 1.34. The lowest BCUT2D eigenvalue weighted by Gasteiger charge is -2.11. The zero-order valence-corrected chi connectivity index (χ0v) is 14.1. The molecule has 0 amide bonds. The molecule has 0 saturated heterocycles. The van der Waals surface area contributed by atoms with E-state index in [0.29, 0.717) is 36.3 Å². The van der Waals surface area contributed by atoms with E-state index in [-0.39, 0.29) is 0 Å². The van der Waals surface area contributed by atoms with Gasteiger partial charge in [-0.25, -0.2) is 9.50 Å². The van der Waals surface area contributed by atoms with Crippen LogP contribution in [0.25, 0.3) is 4.96 Å². The summed E-state index contributed by atoms with van der Waals surface area (Å²) in [5.41, 5.74) is 1.98. The molecule has 23 heavy (non-hydrogen) atoms. The predicted molar refractivity (Wildman–Crippen MR) is 90.0 cm³/mol. The van der Waals surface area contributed by atoms with E-state index in [9.17, 15) is 0 Å². The first-order valence-electron chi connectivity index (χ1n) is 7.34. The molecule has 0 saturated carbocycles. The first-order valence-corrected chi connectivity index (χ1v) is 8.53.